The number of aromatic nitrogens is 1. The summed E-state index contributed by atoms with van der Waals surface area (Å²) in [6.45, 7) is 5.00. The molecule has 1 aromatic heterocycles. The van der Waals surface area contributed by atoms with Crippen LogP contribution in [-0.2, 0) is 13.2 Å². The number of aliphatic imine (C=N–C) groups is 1. The molecule has 0 bridgehead atoms. The van der Waals surface area contributed by atoms with Crippen molar-refractivity contribution in [2.45, 2.75) is 27.0 Å². The van der Waals surface area contributed by atoms with E-state index < -0.39 is 0 Å². The van der Waals surface area contributed by atoms with Crippen LogP contribution < -0.4 is 15.8 Å². The van der Waals surface area contributed by atoms with Crippen molar-refractivity contribution in [3.05, 3.63) is 89.1 Å². The number of ether oxygens (including phenoxy) is 1. The van der Waals surface area contributed by atoms with Crippen molar-refractivity contribution in [1.82, 2.24) is 4.98 Å². The maximum atomic E-state index is 6.03. The number of pyridine rings is 1. The van der Waals surface area contributed by atoms with Crippen LogP contribution in [0.2, 0.25) is 0 Å². The number of hydrogen-bond donors (Lipinski definition) is 2. The maximum absolute atomic E-state index is 6.03. The van der Waals surface area contributed by atoms with E-state index in [4.69, 9.17) is 10.5 Å². The molecular formula is C22H24N4O. The first kappa shape index (κ1) is 18.5. The summed E-state index contributed by atoms with van der Waals surface area (Å²) in [4.78, 5) is 8.75. The number of nitrogens with one attached hydrogen (secondary N) is 1. The average Bonchev–Trinajstić information content (AvgIpc) is 2.69. The lowest BCUT2D eigenvalue weighted by Gasteiger charge is -2.10. The molecule has 5 nitrogen and oxygen atoms in total. The first-order valence-corrected chi connectivity index (χ1v) is 8.86. The van der Waals surface area contributed by atoms with Crippen LogP contribution in [0.5, 0.6) is 5.88 Å². The lowest BCUT2D eigenvalue weighted by Crippen LogP contribution is -2.22. The van der Waals surface area contributed by atoms with Gasteiger partial charge in [-0.3, -0.25) is 0 Å². The highest BCUT2D eigenvalue weighted by molar-refractivity contribution is 5.92. The zero-order chi connectivity index (χ0) is 19.1. The second-order valence-corrected chi connectivity index (χ2v) is 6.37. The van der Waals surface area contributed by atoms with Crippen LogP contribution in [-0.4, -0.2) is 10.9 Å². The first-order valence-electron chi connectivity index (χ1n) is 8.86. The van der Waals surface area contributed by atoms with Crippen LogP contribution in [0.3, 0.4) is 0 Å². The van der Waals surface area contributed by atoms with Crippen molar-refractivity contribution < 1.29 is 4.74 Å². The highest BCUT2D eigenvalue weighted by Crippen LogP contribution is 2.18. The summed E-state index contributed by atoms with van der Waals surface area (Å²) in [5.41, 5.74) is 11.4. The maximum Gasteiger partial charge on any atom is 0.218 e. The Balaban J connectivity index is 1.64. The van der Waals surface area contributed by atoms with Crippen molar-refractivity contribution in [3.8, 4) is 5.88 Å². The third-order valence-electron chi connectivity index (χ3n) is 4.27. The van der Waals surface area contributed by atoms with Gasteiger partial charge in [0.25, 0.3) is 0 Å². The van der Waals surface area contributed by atoms with Gasteiger partial charge in [-0.05, 0) is 48.7 Å². The standard InChI is InChI=1S/C22H24N4O/c1-16-10-11-20(13-17(16)2)26-22(23)25-14-19-9-6-12-24-21(19)27-15-18-7-4-3-5-8-18/h3-13H,14-15H2,1-2H3,(H3,23,25,26). The van der Waals surface area contributed by atoms with Gasteiger partial charge < -0.3 is 15.8 Å². The Hall–Kier alpha value is -3.34. The monoisotopic (exact) mass is 360 g/mol. The Bertz CT molecular complexity index is 923. The van der Waals surface area contributed by atoms with Crippen LogP contribution in [0.15, 0.2) is 71.9 Å². The van der Waals surface area contributed by atoms with E-state index in [1.54, 1.807) is 6.20 Å². The van der Waals surface area contributed by atoms with Gasteiger partial charge in [0.15, 0.2) is 5.96 Å². The van der Waals surface area contributed by atoms with E-state index in [1.165, 1.54) is 11.1 Å². The molecule has 0 aliphatic rings. The highest BCUT2D eigenvalue weighted by Gasteiger charge is 2.05. The number of nitrogens with two attached hydrogens (primary N) is 1. The molecule has 3 rings (SSSR count). The van der Waals surface area contributed by atoms with Crippen LogP contribution in [0, 0.1) is 13.8 Å². The summed E-state index contributed by atoms with van der Waals surface area (Å²) < 4.78 is 5.86. The van der Waals surface area contributed by atoms with Gasteiger partial charge >= 0.3 is 0 Å². The SMILES string of the molecule is Cc1ccc(NC(N)=NCc2cccnc2OCc2ccccc2)cc1C. The van der Waals surface area contributed by atoms with Gasteiger partial charge in [-0.1, -0.05) is 42.5 Å². The summed E-state index contributed by atoms with van der Waals surface area (Å²) in [7, 11) is 0. The summed E-state index contributed by atoms with van der Waals surface area (Å²) in [5, 5.41) is 3.12. The molecule has 0 atom stereocenters. The molecule has 5 heteroatoms. The fourth-order valence-electron chi connectivity index (χ4n) is 2.58. The van der Waals surface area contributed by atoms with Crippen LogP contribution in [0.4, 0.5) is 5.69 Å². The molecule has 27 heavy (non-hydrogen) atoms. The molecule has 0 aliphatic heterocycles. The summed E-state index contributed by atoms with van der Waals surface area (Å²) in [5.74, 6) is 0.931. The quantitative estimate of drug-likeness (QED) is 0.510. The fourth-order valence-corrected chi connectivity index (χ4v) is 2.58. The van der Waals surface area contributed by atoms with Crippen molar-refractivity contribution in [3.63, 3.8) is 0 Å². The van der Waals surface area contributed by atoms with Crippen LogP contribution >= 0.6 is 0 Å². The lowest BCUT2D eigenvalue weighted by atomic mass is 10.1. The predicted molar refractivity (Wildman–Crippen MR) is 110 cm³/mol. The first-order chi connectivity index (χ1) is 13.1. The molecule has 0 saturated carbocycles. The number of anilines is 1. The molecule has 0 saturated heterocycles. The van der Waals surface area contributed by atoms with Gasteiger partial charge in [0.2, 0.25) is 5.88 Å². The summed E-state index contributed by atoms with van der Waals surface area (Å²) in [6, 6.07) is 19.9. The number of hydrogen-bond acceptors (Lipinski definition) is 3. The van der Waals surface area contributed by atoms with Gasteiger partial charge in [0.1, 0.15) is 6.61 Å². The number of rotatable bonds is 6. The zero-order valence-corrected chi connectivity index (χ0v) is 15.6. The highest BCUT2D eigenvalue weighted by atomic mass is 16.5. The molecule has 0 amide bonds. The van der Waals surface area contributed by atoms with Crippen LogP contribution in [0.1, 0.15) is 22.3 Å². The largest absolute Gasteiger partial charge is 0.473 e. The topological polar surface area (TPSA) is 72.5 Å². The normalized spacial score (nSPS) is 11.3. The fraction of sp³-hybridized carbons (Fsp3) is 0.182. The molecule has 0 aliphatic carbocycles. The molecule has 3 aromatic rings. The molecule has 0 unspecified atom stereocenters. The number of guanidine groups is 1. The zero-order valence-electron chi connectivity index (χ0n) is 15.6. The van der Waals surface area contributed by atoms with Crippen LogP contribution in [0.25, 0.3) is 0 Å². The van der Waals surface area contributed by atoms with E-state index in [9.17, 15) is 0 Å². The molecule has 2 aromatic carbocycles. The third kappa shape index (κ3) is 5.31. The minimum atomic E-state index is 0.358. The van der Waals surface area contributed by atoms with E-state index in [2.05, 4.69) is 41.3 Å². The molecular weight excluding hydrogens is 336 g/mol. The Morgan fingerprint density at radius 3 is 2.63 bits per heavy atom. The van der Waals surface area contributed by atoms with E-state index >= 15 is 0 Å². The molecule has 0 spiro atoms. The number of nitrogens with zero attached hydrogens (tertiary/aromatic N) is 2. The van der Waals surface area contributed by atoms with Gasteiger partial charge in [-0.25, -0.2) is 9.98 Å². The van der Waals surface area contributed by atoms with Gasteiger partial charge in [-0.15, -0.1) is 0 Å². The van der Waals surface area contributed by atoms with Crippen molar-refractivity contribution in [1.29, 1.82) is 0 Å². The van der Waals surface area contributed by atoms with E-state index in [0.717, 1.165) is 16.8 Å². The van der Waals surface area contributed by atoms with E-state index in [0.29, 0.717) is 25.0 Å². The van der Waals surface area contributed by atoms with E-state index in [1.807, 2.05) is 48.5 Å². The number of aryl methyl sites for hydroxylation is 2. The lowest BCUT2D eigenvalue weighted by molar-refractivity contribution is 0.290. The third-order valence-corrected chi connectivity index (χ3v) is 4.27. The second kappa shape index (κ2) is 8.85. The molecule has 1 heterocycles. The predicted octanol–water partition coefficient (Wildman–Crippen LogP) is 4.20. The minimum absolute atomic E-state index is 0.358. The Kier molecular flexibility index (Phi) is 6.05. The van der Waals surface area contributed by atoms with Gasteiger partial charge in [0, 0.05) is 17.4 Å². The van der Waals surface area contributed by atoms with Crippen molar-refractivity contribution in [2.24, 2.45) is 10.7 Å². The summed E-state index contributed by atoms with van der Waals surface area (Å²) >= 11 is 0. The second-order valence-electron chi connectivity index (χ2n) is 6.37. The van der Waals surface area contributed by atoms with Crippen molar-refractivity contribution >= 4 is 11.6 Å². The molecule has 0 radical (unpaired) electrons. The summed E-state index contributed by atoms with van der Waals surface area (Å²) in [6.07, 6.45) is 1.71. The van der Waals surface area contributed by atoms with Gasteiger partial charge in [0.05, 0.1) is 6.54 Å². The molecule has 138 valence electrons. The minimum Gasteiger partial charge on any atom is -0.473 e. The Labute approximate surface area is 159 Å². The molecule has 3 N–H and O–H groups in total. The Morgan fingerprint density at radius 2 is 1.85 bits per heavy atom. The van der Waals surface area contributed by atoms with Gasteiger partial charge in [-0.2, -0.15) is 0 Å². The number of benzene rings is 2. The Morgan fingerprint density at radius 1 is 1.04 bits per heavy atom. The van der Waals surface area contributed by atoms with E-state index in [-0.39, 0.29) is 0 Å². The molecule has 0 fully saturated rings. The smallest absolute Gasteiger partial charge is 0.218 e. The van der Waals surface area contributed by atoms with Crippen molar-refractivity contribution in [2.75, 3.05) is 5.32 Å². The average molecular weight is 360 g/mol.